The number of rotatable bonds is 6. The van der Waals surface area contributed by atoms with E-state index in [9.17, 15) is 4.79 Å². The fourth-order valence-electron chi connectivity index (χ4n) is 1.02. The molecule has 0 fully saturated rings. The molecule has 0 unspecified atom stereocenters. The monoisotopic (exact) mass is 277 g/mol. The molecule has 0 aliphatic rings. The van der Waals surface area contributed by atoms with E-state index in [0.717, 1.165) is 17.4 Å². The highest BCUT2D eigenvalue weighted by atomic mass is 79.9. The maximum atomic E-state index is 10.2. The number of carbonyl (C=O) groups is 1. The van der Waals surface area contributed by atoms with Crippen LogP contribution in [0.1, 0.15) is 11.3 Å². The van der Waals surface area contributed by atoms with Crippen molar-refractivity contribution in [2.75, 3.05) is 13.1 Å². The van der Waals surface area contributed by atoms with E-state index in [2.05, 4.69) is 27.3 Å². The number of aliphatic carboxylic acids is 1. The lowest BCUT2D eigenvalue weighted by Gasteiger charge is -2.00. The first kappa shape index (κ1) is 11.7. The van der Waals surface area contributed by atoms with Crippen LogP contribution in [0.2, 0.25) is 0 Å². The van der Waals surface area contributed by atoms with Crippen LogP contribution in [0, 0.1) is 0 Å². The molecule has 1 heterocycles. The number of hydrogen-bond acceptors (Lipinski definition) is 3. The summed E-state index contributed by atoms with van der Waals surface area (Å²) in [5.74, 6) is -0.753. The van der Waals surface area contributed by atoms with Gasteiger partial charge in [0.1, 0.15) is 0 Å². The maximum absolute atomic E-state index is 10.2. The SMILES string of the molecule is O=C(O)CCNCCc1cc(Br)cs1. The average Bonchev–Trinajstić information content (AvgIpc) is 2.50. The number of thiophene rings is 1. The van der Waals surface area contributed by atoms with Crippen LogP contribution < -0.4 is 5.32 Å². The highest BCUT2D eigenvalue weighted by Crippen LogP contribution is 2.19. The lowest BCUT2D eigenvalue weighted by molar-refractivity contribution is -0.136. The predicted molar refractivity (Wildman–Crippen MR) is 60.8 cm³/mol. The van der Waals surface area contributed by atoms with Gasteiger partial charge in [-0.1, -0.05) is 0 Å². The third kappa shape index (κ3) is 4.74. The van der Waals surface area contributed by atoms with Crippen molar-refractivity contribution < 1.29 is 9.90 Å². The van der Waals surface area contributed by atoms with Crippen molar-refractivity contribution in [3.05, 3.63) is 20.8 Å². The van der Waals surface area contributed by atoms with Gasteiger partial charge in [0.25, 0.3) is 0 Å². The van der Waals surface area contributed by atoms with Crippen molar-refractivity contribution >= 4 is 33.2 Å². The van der Waals surface area contributed by atoms with E-state index in [0.29, 0.717) is 6.54 Å². The molecule has 2 N–H and O–H groups in total. The van der Waals surface area contributed by atoms with Crippen molar-refractivity contribution in [1.29, 1.82) is 0 Å². The van der Waals surface area contributed by atoms with Crippen molar-refractivity contribution in [1.82, 2.24) is 5.32 Å². The van der Waals surface area contributed by atoms with Crippen LogP contribution >= 0.6 is 27.3 Å². The van der Waals surface area contributed by atoms with Crippen LogP contribution in [-0.2, 0) is 11.2 Å². The first-order valence-electron chi connectivity index (χ1n) is 4.34. The fourth-order valence-corrected chi connectivity index (χ4v) is 2.47. The zero-order valence-corrected chi connectivity index (χ0v) is 10.0. The van der Waals surface area contributed by atoms with E-state index < -0.39 is 5.97 Å². The van der Waals surface area contributed by atoms with Gasteiger partial charge in [0.15, 0.2) is 0 Å². The summed E-state index contributed by atoms with van der Waals surface area (Å²) < 4.78 is 1.11. The van der Waals surface area contributed by atoms with E-state index in [1.165, 1.54) is 4.88 Å². The number of carboxylic acids is 1. The van der Waals surface area contributed by atoms with Gasteiger partial charge in [-0.2, -0.15) is 0 Å². The minimum absolute atomic E-state index is 0.189. The van der Waals surface area contributed by atoms with Gasteiger partial charge in [-0.3, -0.25) is 4.79 Å². The van der Waals surface area contributed by atoms with E-state index >= 15 is 0 Å². The molecule has 5 heteroatoms. The molecule has 0 saturated heterocycles. The minimum Gasteiger partial charge on any atom is -0.481 e. The zero-order chi connectivity index (χ0) is 10.4. The second-order valence-electron chi connectivity index (χ2n) is 2.87. The lowest BCUT2D eigenvalue weighted by atomic mass is 10.3. The molecular formula is C9H12BrNO2S. The van der Waals surface area contributed by atoms with Crippen molar-refractivity contribution in [3.8, 4) is 0 Å². The van der Waals surface area contributed by atoms with Crippen LogP contribution in [0.3, 0.4) is 0 Å². The topological polar surface area (TPSA) is 49.3 Å². The second kappa shape index (κ2) is 6.16. The first-order valence-corrected chi connectivity index (χ1v) is 6.01. The van der Waals surface area contributed by atoms with Crippen LogP contribution in [0.5, 0.6) is 0 Å². The van der Waals surface area contributed by atoms with E-state index in [1.54, 1.807) is 11.3 Å². The molecule has 0 atom stereocenters. The lowest BCUT2D eigenvalue weighted by Crippen LogP contribution is -2.20. The molecule has 1 aromatic heterocycles. The van der Waals surface area contributed by atoms with Crippen molar-refractivity contribution in [2.45, 2.75) is 12.8 Å². The summed E-state index contributed by atoms with van der Waals surface area (Å²) in [6, 6.07) is 2.09. The Hall–Kier alpha value is -0.390. The minimum atomic E-state index is -0.753. The zero-order valence-electron chi connectivity index (χ0n) is 7.62. The van der Waals surface area contributed by atoms with Gasteiger partial charge < -0.3 is 10.4 Å². The van der Waals surface area contributed by atoms with Gasteiger partial charge >= 0.3 is 5.97 Å². The maximum Gasteiger partial charge on any atom is 0.304 e. The molecule has 0 aromatic carbocycles. The molecule has 3 nitrogen and oxygen atoms in total. The van der Waals surface area contributed by atoms with Crippen LogP contribution in [0.15, 0.2) is 15.9 Å². The Kier molecular flexibility index (Phi) is 5.14. The Morgan fingerprint density at radius 3 is 2.93 bits per heavy atom. The summed E-state index contributed by atoms with van der Waals surface area (Å²) in [6.45, 7) is 1.38. The molecule has 0 amide bonds. The van der Waals surface area contributed by atoms with Gasteiger partial charge in [-0.15, -0.1) is 11.3 Å². The Labute approximate surface area is 95.3 Å². The Morgan fingerprint density at radius 1 is 1.57 bits per heavy atom. The van der Waals surface area contributed by atoms with Gasteiger partial charge in [0.2, 0.25) is 0 Å². The van der Waals surface area contributed by atoms with Crippen LogP contribution in [-0.4, -0.2) is 24.2 Å². The quantitative estimate of drug-likeness (QED) is 0.784. The molecule has 14 heavy (non-hydrogen) atoms. The fraction of sp³-hybridized carbons (Fsp3) is 0.444. The summed E-state index contributed by atoms with van der Waals surface area (Å²) in [5.41, 5.74) is 0. The smallest absolute Gasteiger partial charge is 0.304 e. The van der Waals surface area contributed by atoms with E-state index in [1.807, 2.05) is 5.38 Å². The molecule has 0 aliphatic carbocycles. The number of carboxylic acid groups (broad SMARTS) is 1. The summed E-state index contributed by atoms with van der Waals surface area (Å²) in [7, 11) is 0. The van der Waals surface area contributed by atoms with Crippen LogP contribution in [0.25, 0.3) is 0 Å². The molecule has 0 saturated carbocycles. The highest BCUT2D eigenvalue weighted by Gasteiger charge is 1.98. The number of hydrogen-bond donors (Lipinski definition) is 2. The largest absolute Gasteiger partial charge is 0.481 e. The van der Waals surface area contributed by atoms with E-state index in [-0.39, 0.29) is 6.42 Å². The highest BCUT2D eigenvalue weighted by molar-refractivity contribution is 9.10. The van der Waals surface area contributed by atoms with Crippen molar-refractivity contribution in [3.63, 3.8) is 0 Å². The predicted octanol–water partition coefficient (Wildman–Crippen LogP) is 2.12. The number of nitrogens with one attached hydrogen (secondary N) is 1. The van der Waals surface area contributed by atoms with Crippen LogP contribution in [0.4, 0.5) is 0 Å². The van der Waals surface area contributed by atoms with Crippen molar-refractivity contribution in [2.24, 2.45) is 0 Å². The van der Waals surface area contributed by atoms with Gasteiger partial charge in [-0.25, -0.2) is 0 Å². The van der Waals surface area contributed by atoms with E-state index in [4.69, 9.17) is 5.11 Å². The molecular weight excluding hydrogens is 266 g/mol. The molecule has 0 aliphatic heterocycles. The Bertz CT molecular complexity index is 301. The summed E-state index contributed by atoms with van der Waals surface area (Å²) in [5, 5.41) is 13.5. The molecule has 0 radical (unpaired) electrons. The Balaban J connectivity index is 2.07. The summed E-state index contributed by atoms with van der Waals surface area (Å²) in [6.07, 6.45) is 1.14. The third-order valence-electron chi connectivity index (χ3n) is 1.69. The Morgan fingerprint density at radius 2 is 2.36 bits per heavy atom. The summed E-state index contributed by atoms with van der Waals surface area (Å²) in [4.78, 5) is 11.5. The first-order chi connectivity index (χ1) is 6.68. The summed E-state index contributed by atoms with van der Waals surface area (Å²) >= 11 is 5.10. The van der Waals surface area contributed by atoms with Gasteiger partial charge in [0, 0.05) is 21.3 Å². The molecule has 1 aromatic rings. The number of halogens is 1. The standard InChI is InChI=1S/C9H12BrNO2S/c10-7-5-8(14-6-7)1-3-11-4-2-9(12)13/h5-6,11H,1-4H2,(H,12,13). The third-order valence-corrected chi connectivity index (χ3v) is 3.44. The second-order valence-corrected chi connectivity index (χ2v) is 4.79. The van der Waals surface area contributed by atoms with Gasteiger partial charge in [0.05, 0.1) is 6.42 Å². The molecule has 0 spiro atoms. The van der Waals surface area contributed by atoms with Gasteiger partial charge in [-0.05, 0) is 35.0 Å². The molecule has 1 rings (SSSR count). The average molecular weight is 278 g/mol. The normalized spacial score (nSPS) is 10.4. The molecule has 0 bridgehead atoms. The molecule has 78 valence electrons.